The summed E-state index contributed by atoms with van der Waals surface area (Å²) in [7, 11) is 0. The summed E-state index contributed by atoms with van der Waals surface area (Å²) in [6.07, 6.45) is 3.26. The van der Waals surface area contributed by atoms with E-state index in [0.717, 1.165) is 12.8 Å². The molecular weight excluding hydrogens is 210 g/mol. The topological polar surface area (TPSA) is 87.5 Å². The van der Waals surface area contributed by atoms with E-state index in [0.29, 0.717) is 39.0 Å². The summed E-state index contributed by atoms with van der Waals surface area (Å²) in [6.45, 7) is 1.65. The highest BCUT2D eigenvalue weighted by Gasteiger charge is 2.45. The Labute approximate surface area is 94.2 Å². The third-order valence-corrected chi connectivity index (χ3v) is 3.50. The second-order valence-corrected chi connectivity index (χ2v) is 4.54. The van der Waals surface area contributed by atoms with Crippen molar-refractivity contribution in [1.82, 2.24) is 0 Å². The van der Waals surface area contributed by atoms with Gasteiger partial charge in [0.1, 0.15) is 0 Å². The Morgan fingerprint density at radius 2 is 1.81 bits per heavy atom. The predicted octanol–water partition coefficient (Wildman–Crippen LogP) is 1.73. The molecule has 1 aliphatic heterocycles. The highest BCUT2D eigenvalue weighted by Crippen LogP contribution is 2.41. The molecule has 0 unspecified atom stereocenters. The lowest BCUT2D eigenvalue weighted by Crippen LogP contribution is -2.43. The first-order valence-corrected chi connectivity index (χ1v) is 5.69. The summed E-state index contributed by atoms with van der Waals surface area (Å²) < 4.78 is 11.2. The molecule has 1 spiro atoms. The Kier molecular flexibility index (Phi) is 3.35. The number of hydrogen-bond acceptors (Lipinski definition) is 4. The maximum atomic E-state index is 10.2. The first-order chi connectivity index (χ1) is 7.68. The van der Waals surface area contributed by atoms with Gasteiger partial charge in [-0.05, 0) is 24.8 Å². The molecule has 1 heterocycles. The van der Waals surface area contributed by atoms with Gasteiger partial charge in [-0.3, -0.25) is 0 Å². The molecule has 16 heavy (non-hydrogen) atoms. The third-order valence-electron chi connectivity index (χ3n) is 3.50. The Morgan fingerprint density at radius 3 is 2.38 bits per heavy atom. The maximum absolute atomic E-state index is 10.2. The molecule has 1 saturated heterocycles. The molecule has 1 N–H and O–H groups in total. The summed E-state index contributed by atoms with van der Waals surface area (Å²) in [6, 6.07) is 0. The maximum Gasteiger partial charge on any atom is 0.168 e. The third kappa shape index (κ3) is 2.47. The molecule has 0 amide bonds. The number of aliphatic hydroxyl groups is 1. The van der Waals surface area contributed by atoms with Crippen LogP contribution >= 0.6 is 0 Å². The van der Waals surface area contributed by atoms with Crippen LogP contribution in [-0.4, -0.2) is 36.3 Å². The van der Waals surface area contributed by atoms with Crippen molar-refractivity contribution in [3.05, 3.63) is 10.4 Å². The van der Waals surface area contributed by atoms with Gasteiger partial charge in [0, 0.05) is 24.3 Å². The van der Waals surface area contributed by atoms with Gasteiger partial charge in [-0.15, -0.1) is 0 Å². The number of nitrogens with zero attached hydrogens (tertiary/aromatic N) is 3. The minimum Gasteiger partial charge on any atom is -0.390 e. The van der Waals surface area contributed by atoms with Crippen molar-refractivity contribution < 1.29 is 14.6 Å². The summed E-state index contributed by atoms with van der Waals surface area (Å²) >= 11 is 0. The summed E-state index contributed by atoms with van der Waals surface area (Å²) in [5.41, 5.74) is 7.47. The molecule has 6 nitrogen and oxygen atoms in total. The van der Waals surface area contributed by atoms with Gasteiger partial charge in [0.25, 0.3) is 0 Å². The fourth-order valence-electron chi connectivity index (χ4n) is 2.43. The van der Waals surface area contributed by atoms with E-state index < -0.39 is 11.4 Å². The van der Waals surface area contributed by atoms with E-state index in [-0.39, 0.29) is 0 Å². The highest BCUT2D eigenvalue weighted by atomic mass is 16.7. The average Bonchev–Trinajstić information content (AvgIpc) is 2.73. The van der Waals surface area contributed by atoms with Gasteiger partial charge in [-0.1, -0.05) is 5.11 Å². The number of rotatable bonds is 3. The molecule has 1 aliphatic carbocycles. The first kappa shape index (κ1) is 11.7. The number of hydrogen-bond donors (Lipinski definition) is 1. The Hall–Kier alpha value is -0.810. The average molecular weight is 227 g/mol. The molecule has 0 aromatic heterocycles. The molecule has 2 aliphatic rings. The quantitative estimate of drug-likeness (QED) is 0.452. The molecule has 2 rings (SSSR count). The van der Waals surface area contributed by atoms with Crippen molar-refractivity contribution in [2.75, 3.05) is 19.8 Å². The van der Waals surface area contributed by atoms with Crippen molar-refractivity contribution in [2.45, 2.75) is 43.5 Å². The fourth-order valence-corrected chi connectivity index (χ4v) is 2.43. The van der Waals surface area contributed by atoms with Crippen LogP contribution in [0.15, 0.2) is 5.11 Å². The van der Waals surface area contributed by atoms with E-state index in [4.69, 9.17) is 15.0 Å². The Morgan fingerprint density at radius 1 is 1.19 bits per heavy atom. The summed E-state index contributed by atoms with van der Waals surface area (Å²) in [5.74, 6) is -0.440. The molecular formula is C10H17N3O3. The summed E-state index contributed by atoms with van der Waals surface area (Å²) in [5, 5.41) is 13.7. The van der Waals surface area contributed by atoms with Gasteiger partial charge >= 0.3 is 0 Å². The van der Waals surface area contributed by atoms with Crippen molar-refractivity contribution in [3.8, 4) is 0 Å². The van der Waals surface area contributed by atoms with Crippen LogP contribution in [0.5, 0.6) is 0 Å². The zero-order valence-electron chi connectivity index (χ0n) is 9.26. The zero-order valence-corrected chi connectivity index (χ0v) is 9.26. The van der Waals surface area contributed by atoms with Crippen LogP contribution in [-0.2, 0) is 9.47 Å². The molecule has 0 aromatic rings. The van der Waals surface area contributed by atoms with Crippen molar-refractivity contribution in [2.24, 2.45) is 5.11 Å². The molecule has 0 bridgehead atoms. The smallest absolute Gasteiger partial charge is 0.168 e. The second-order valence-electron chi connectivity index (χ2n) is 4.54. The van der Waals surface area contributed by atoms with E-state index in [9.17, 15) is 5.11 Å². The van der Waals surface area contributed by atoms with E-state index >= 15 is 0 Å². The van der Waals surface area contributed by atoms with Crippen LogP contribution in [0.1, 0.15) is 32.1 Å². The number of azide groups is 1. The van der Waals surface area contributed by atoms with E-state index in [1.165, 1.54) is 0 Å². The molecule has 90 valence electrons. The lowest BCUT2D eigenvalue weighted by molar-refractivity contribution is -0.203. The van der Waals surface area contributed by atoms with Crippen LogP contribution < -0.4 is 0 Å². The van der Waals surface area contributed by atoms with Crippen LogP contribution in [0.25, 0.3) is 10.4 Å². The van der Waals surface area contributed by atoms with Gasteiger partial charge in [0.15, 0.2) is 5.79 Å². The minimum absolute atomic E-state index is 0.349. The van der Waals surface area contributed by atoms with E-state index in [1.807, 2.05) is 0 Å². The summed E-state index contributed by atoms with van der Waals surface area (Å²) in [4.78, 5) is 2.69. The predicted molar refractivity (Wildman–Crippen MR) is 56.7 cm³/mol. The van der Waals surface area contributed by atoms with Crippen molar-refractivity contribution >= 4 is 0 Å². The van der Waals surface area contributed by atoms with Crippen LogP contribution in [0, 0.1) is 0 Å². The molecule has 0 aromatic carbocycles. The van der Waals surface area contributed by atoms with Gasteiger partial charge in [0.05, 0.1) is 18.8 Å². The largest absolute Gasteiger partial charge is 0.390 e. The van der Waals surface area contributed by atoms with Gasteiger partial charge in [0.2, 0.25) is 0 Å². The molecule has 6 heteroatoms. The van der Waals surface area contributed by atoms with Gasteiger partial charge in [-0.25, -0.2) is 0 Å². The van der Waals surface area contributed by atoms with Crippen molar-refractivity contribution in [1.29, 1.82) is 0 Å². The molecule has 0 radical (unpaired) electrons. The lowest BCUT2D eigenvalue weighted by Gasteiger charge is -2.40. The highest BCUT2D eigenvalue weighted by molar-refractivity contribution is 4.91. The fraction of sp³-hybridized carbons (Fsp3) is 1.00. The first-order valence-electron chi connectivity index (χ1n) is 5.69. The Balaban J connectivity index is 1.85. The molecule has 2 fully saturated rings. The monoisotopic (exact) mass is 227 g/mol. The van der Waals surface area contributed by atoms with E-state index in [1.54, 1.807) is 0 Å². The number of ether oxygens (including phenoxy) is 2. The van der Waals surface area contributed by atoms with Crippen LogP contribution in [0.3, 0.4) is 0 Å². The lowest BCUT2D eigenvalue weighted by atomic mass is 9.79. The SMILES string of the molecule is [N-]=[N+]=NCCC1(O)CCC2(CC1)OCCO2. The Bertz CT molecular complexity index is 286. The van der Waals surface area contributed by atoms with Crippen LogP contribution in [0.2, 0.25) is 0 Å². The molecule has 1 saturated carbocycles. The van der Waals surface area contributed by atoms with E-state index in [2.05, 4.69) is 10.0 Å². The standard InChI is InChI=1S/C10H17N3O3/c11-13-12-6-5-9(14)1-3-10(4-2-9)15-7-8-16-10/h14H,1-8H2. The minimum atomic E-state index is -0.714. The zero-order chi connectivity index (χ0) is 11.5. The van der Waals surface area contributed by atoms with Crippen LogP contribution in [0.4, 0.5) is 0 Å². The van der Waals surface area contributed by atoms with Gasteiger partial charge in [-0.2, -0.15) is 0 Å². The van der Waals surface area contributed by atoms with Crippen molar-refractivity contribution in [3.63, 3.8) is 0 Å². The molecule has 0 atom stereocenters. The van der Waals surface area contributed by atoms with Gasteiger partial charge < -0.3 is 14.6 Å². The second kappa shape index (κ2) is 4.59. The normalized spacial score (nSPS) is 26.6.